The van der Waals surface area contributed by atoms with Crippen LogP contribution in [0.25, 0.3) is 11.1 Å². The molecule has 0 saturated carbocycles. The van der Waals surface area contributed by atoms with Crippen molar-refractivity contribution in [2.45, 2.75) is 42.4 Å². The summed E-state index contributed by atoms with van der Waals surface area (Å²) in [5.74, 6) is -0.570. The number of nitrogens with zero attached hydrogens (tertiary/aromatic N) is 1. The van der Waals surface area contributed by atoms with E-state index < -0.39 is 16.0 Å². The highest BCUT2D eigenvalue weighted by molar-refractivity contribution is 6.76. The third-order valence-electron chi connectivity index (χ3n) is 7.79. The van der Waals surface area contributed by atoms with Gasteiger partial charge in [-0.3, -0.25) is 9.69 Å². The molecule has 2 fully saturated rings. The number of aliphatic hydroxyl groups excluding tert-OH is 1. The molecule has 2 N–H and O–H groups in total. The molecule has 3 aromatic carbocycles. The number of rotatable bonds is 8. The lowest BCUT2D eigenvalue weighted by molar-refractivity contribution is -0.277. The van der Waals surface area contributed by atoms with Gasteiger partial charge in [0.15, 0.2) is 6.29 Å². The molecule has 224 valence electrons. The zero-order valence-corrected chi connectivity index (χ0v) is 25.6. The van der Waals surface area contributed by atoms with Crippen LogP contribution in [0.15, 0.2) is 72.8 Å². The molecule has 2 aliphatic rings. The molecule has 0 aromatic heterocycles. The Hall–Kier alpha value is -2.20. The van der Waals surface area contributed by atoms with E-state index in [0.717, 1.165) is 66.2 Å². The van der Waals surface area contributed by atoms with E-state index in [9.17, 15) is 9.90 Å². The summed E-state index contributed by atoms with van der Waals surface area (Å²) in [5.41, 5.74) is 5.67. The fourth-order valence-corrected chi connectivity index (χ4v) is 5.58. The van der Waals surface area contributed by atoms with Gasteiger partial charge in [-0.25, -0.2) is 0 Å². The normalized spacial score (nSPS) is 23.5. The van der Waals surface area contributed by atoms with Crippen molar-refractivity contribution in [1.29, 1.82) is 0 Å². The van der Waals surface area contributed by atoms with Gasteiger partial charge in [-0.05, 0) is 39.9 Å². The van der Waals surface area contributed by atoms with Crippen LogP contribution in [0.3, 0.4) is 0 Å². The zero-order chi connectivity index (χ0) is 29.7. The van der Waals surface area contributed by atoms with Crippen molar-refractivity contribution in [1.82, 2.24) is 10.2 Å². The highest BCUT2D eigenvalue weighted by atomic mass is 35.6. The van der Waals surface area contributed by atoms with Crippen LogP contribution in [-0.2, 0) is 32.2 Å². The molecule has 10 heteroatoms. The first kappa shape index (κ1) is 31.2. The maximum atomic E-state index is 12.0. The Bertz CT molecular complexity index is 1340. The summed E-state index contributed by atoms with van der Waals surface area (Å²) in [6.07, 6.45) is -0.810. The molecule has 4 unspecified atom stereocenters. The fraction of sp³-hybridized carbons (Fsp3) is 0.406. The maximum absolute atomic E-state index is 12.0. The van der Waals surface area contributed by atoms with E-state index >= 15 is 0 Å². The standard InChI is InChI=1S/C32H35Cl3N2O5/c1-21-28(19-37-12-14-40-15-13-37)41-30(42-29(21)24-10-8-22(20-38)9-11-24)27-7-3-6-26(17-27)25-5-2-4-23(16-25)18-36-31(39)32(33,34)35/h2-11,16-17,21,28-30,38H,12-15,18-20H2,1H3,(H,36,39). The molecular formula is C32H35Cl3N2O5. The average molecular weight is 634 g/mol. The minimum absolute atomic E-state index is 0.0000171. The number of carbonyl (C=O) groups is 1. The van der Waals surface area contributed by atoms with Crippen molar-refractivity contribution < 1.29 is 24.1 Å². The van der Waals surface area contributed by atoms with Crippen molar-refractivity contribution >= 4 is 40.7 Å². The third kappa shape index (κ3) is 7.84. The van der Waals surface area contributed by atoms with Gasteiger partial charge in [-0.15, -0.1) is 0 Å². The molecule has 0 radical (unpaired) electrons. The number of nitrogens with one attached hydrogen (secondary N) is 1. The lowest BCUT2D eigenvalue weighted by Crippen LogP contribution is -2.47. The second-order valence-electron chi connectivity index (χ2n) is 10.7. The van der Waals surface area contributed by atoms with Crippen LogP contribution in [0, 0.1) is 5.92 Å². The molecule has 1 amide bonds. The van der Waals surface area contributed by atoms with Gasteiger partial charge < -0.3 is 24.6 Å². The van der Waals surface area contributed by atoms with E-state index in [1.165, 1.54) is 0 Å². The van der Waals surface area contributed by atoms with Gasteiger partial charge >= 0.3 is 0 Å². The molecular weight excluding hydrogens is 599 g/mol. The monoisotopic (exact) mass is 632 g/mol. The van der Waals surface area contributed by atoms with E-state index in [1.54, 1.807) is 0 Å². The van der Waals surface area contributed by atoms with Crippen LogP contribution < -0.4 is 5.32 Å². The number of aliphatic hydroxyl groups is 1. The van der Waals surface area contributed by atoms with Gasteiger partial charge in [0.25, 0.3) is 9.70 Å². The van der Waals surface area contributed by atoms with E-state index in [2.05, 4.69) is 23.2 Å². The molecule has 3 aromatic rings. The Morgan fingerprint density at radius 2 is 1.62 bits per heavy atom. The van der Waals surface area contributed by atoms with Crippen molar-refractivity contribution in [3.8, 4) is 11.1 Å². The van der Waals surface area contributed by atoms with E-state index in [1.807, 2.05) is 66.7 Å². The summed E-state index contributed by atoms with van der Waals surface area (Å²) in [6.45, 7) is 6.40. The van der Waals surface area contributed by atoms with Crippen LogP contribution in [0.4, 0.5) is 0 Å². The first-order valence-electron chi connectivity index (χ1n) is 14.1. The fourth-order valence-electron chi connectivity index (χ4n) is 5.37. The number of amides is 1. The number of halogens is 3. The zero-order valence-electron chi connectivity index (χ0n) is 23.3. The molecule has 4 atom stereocenters. The summed E-state index contributed by atoms with van der Waals surface area (Å²) in [6, 6.07) is 23.9. The summed E-state index contributed by atoms with van der Waals surface area (Å²) in [4.78, 5) is 14.4. The van der Waals surface area contributed by atoms with Crippen LogP contribution in [0.2, 0.25) is 0 Å². The van der Waals surface area contributed by atoms with Crippen LogP contribution >= 0.6 is 34.8 Å². The van der Waals surface area contributed by atoms with Crippen molar-refractivity contribution in [2.24, 2.45) is 5.92 Å². The third-order valence-corrected chi connectivity index (χ3v) is 8.31. The molecule has 5 rings (SSSR count). The largest absolute Gasteiger partial charge is 0.392 e. The van der Waals surface area contributed by atoms with Crippen LogP contribution in [0.1, 0.15) is 41.6 Å². The predicted molar refractivity (Wildman–Crippen MR) is 164 cm³/mol. The number of hydrogen-bond donors (Lipinski definition) is 2. The minimum Gasteiger partial charge on any atom is -0.392 e. The van der Waals surface area contributed by atoms with Gasteiger partial charge in [-0.2, -0.15) is 0 Å². The van der Waals surface area contributed by atoms with E-state index in [4.69, 9.17) is 49.0 Å². The summed E-state index contributed by atoms with van der Waals surface area (Å²) >= 11 is 17.0. The molecule has 7 nitrogen and oxygen atoms in total. The van der Waals surface area contributed by atoms with Crippen molar-refractivity contribution in [2.75, 3.05) is 32.8 Å². The van der Waals surface area contributed by atoms with Crippen LogP contribution in [0.5, 0.6) is 0 Å². The topological polar surface area (TPSA) is 80.3 Å². The molecule has 0 bridgehead atoms. The summed E-state index contributed by atoms with van der Waals surface area (Å²) in [7, 11) is 0. The Morgan fingerprint density at radius 1 is 0.929 bits per heavy atom. The molecule has 0 spiro atoms. The van der Waals surface area contributed by atoms with Crippen molar-refractivity contribution in [3.63, 3.8) is 0 Å². The quantitative estimate of drug-likeness (QED) is 0.298. The molecule has 0 aliphatic carbocycles. The number of benzene rings is 3. The Morgan fingerprint density at radius 3 is 2.31 bits per heavy atom. The second-order valence-corrected chi connectivity index (χ2v) is 13.0. The smallest absolute Gasteiger partial charge is 0.272 e. The molecule has 2 saturated heterocycles. The number of ether oxygens (including phenoxy) is 3. The highest BCUT2D eigenvalue weighted by Gasteiger charge is 2.39. The Balaban J connectivity index is 1.38. The molecule has 2 heterocycles. The van der Waals surface area contributed by atoms with Crippen LogP contribution in [-0.4, -0.2) is 58.7 Å². The number of carbonyl (C=O) groups excluding carboxylic acids is 1. The Kier molecular flexibility index (Phi) is 10.5. The molecule has 2 aliphatic heterocycles. The lowest BCUT2D eigenvalue weighted by Gasteiger charge is -2.43. The highest BCUT2D eigenvalue weighted by Crippen LogP contribution is 2.42. The molecule has 42 heavy (non-hydrogen) atoms. The first-order valence-corrected chi connectivity index (χ1v) is 15.2. The number of alkyl halides is 3. The summed E-state index contributed by atoms with van der Waals surface area (Å²) < 4.78 is 16.9. The van der Waals surface area contributed by atoms with Gasteiger partial charge in [0.2, 0.25) is 0 Å². The van der Waals surface area contributed by atoms with Gasteiger partial charge in [0, 0.05) is 37.7 Å². The Labute approximate surface area is 261 Å². The van der Waals surface area contributed by atoms with Crippen molar-refractivity contribution in [3.05, 3.63) is 95.1 Å². The SMILES string of the molecule is CC1C(CN2CCOCC2)OC(c2cccc(-c3cccc(CNC(=O)C(Cl)(Cl)Cl)c3)c2)OC1c1ccc(CO)cc1. The second kappa shape index (κ2) is 14.1. The lowest BCUT2D eigenvalue weighted by atomic mass is 9.89. The number of morpholine rings is 1. The van der Waals surface area contributed by atoms with E-state index in [0.29, 0.717) is 0 Å². The van der Waals surface area contributed by atoms with Gasteiger partial charge in [0.1, 0.15) is 0 Å². The number of hydrogen-bond acceptors (Lipinski definition) is 6. The summed E-state index contributed by atoms with van der Waals surface area (Å²) in [5, 5.41) is 12.2. The minimum atomic E-state index is -2.01. The first-order chi connectivity index (χ1) is 20.2. The van der Waals surface area contributed by atoms with Gasteiger partial charge in [-0.1, -0.05) is 102 Å². The predicted octanol–water partition coefficient (Wildman–Crippen LogP) is 5.96. The van der Waals surface area contributed by atoms with Gasteiger partial charge in [0.05, 0.1) is 32.0 Å². The average Bonchev–Trinajstić information content (AvgIpc) is 3.01. The van der Waals surface area contributed by atoms with E-state index in [-0.39, 0.29) is 31.3 Å². The maximum Gasteiger partial charge on any atom is 0.272 e.